The Hall–Kier alpha value is -2.04. The first-order valence-electron chi connectivity index (χ1n) is 11.4. The van der Waals surface area contributed by atoms with Gasteiger partial charge < -0.3 is 18.6 Å². The number of rotatable bonds is 9. The second-order valence-corrected chi connectivity index (χ2v) is 14.9. The number of hydrogen-bond acceptors (Lipinski definition) is 6. The largest absolute Gasteiger partial charge is 0.492 e. The van der Waals surface area contributed by atoms with Gasteiger partial charge in [-0.2, -0.15) is 0 Å². The van der Waals surface area contributed by atoms with Crippen molar-refractivity contribution in [3.05, 3.63) is 23.5 Å². The van der Waals surface area contributed by atoms with Crippen LogP contribution in [0, 0.1) is 18.3 Å². The number of allylic oxidation sites excluding steroid dienone is 1. The summed E-state index contributed by atoms with van der Waals surface area (Å²) in [5.74, 6) is 1.31. The van der Waals surface area contributed by atoms with E-state index < -0.39 is 25.9 Å². The van der Waals surface area contributed by atoms with Crippen molar-refractivity contribution in [3.8, 4) is 12.3 Å². The third kappa shape index (κ3) is 5.84. The number of carbonyl (C=O) groups is 2. The number of esters is 2. The van der Waals surface area contributed by atoms with Gasteiger partial charge in [0.15, 0.2) is 25.3 Å². The third-order valence-electron chi connectivity index (χ3n) is 6.61. The Morgan fingerprint density at radius 1 is 1.38 bits per heavy atom. The summed E-state index contributed by atoms with van der Waals surface area (Å²) in [6, 6.07) is 0. The molecule has 0 spiro atoms. The monoisotopic (exact) mass is 462 g/mol. The zero-order valence-electron chi connectivity index (χ0n) is 20.6. The molecule has 2 aliphatic rings. The smallest absolute Gasteiger partial charge is 0.350 e. The van der Waals surface area contributed by atoms with E-state index in [2.05, 4.69) is 51.9 Å². The van der Waals surface area contributed by atoms with Gasteiger partial charge in [-0.1, -0.05) is 32.9 Å². The molecule has 0 aromatic carbocycles. The van der Waals surface area contributed by atoms with E-state index in [4.69, 9.17) is 25.1 Å². The van der Waals surface area contributed by atoms with Crippen molar-refractivity contribution < 1.29 is 28.2 Å². The van der Waals surface area contributed by atoms with Gasteiger partial charge in [-0.15, -0.1) is 12.3 Å². The van der Waals surface area contributed by atoms with Gasteiger partial charge in [0.25, 0.3) is 0 Å². The minimum Gasteiger partial charge on any atom is -0.492 e. The lowest BCUT2D eigenvalue weighted by Crippen LogP contribution is -2.46. The van der Waals surface area contributed by atoms with Crippen LogP contribution < -0.4 is 0 Å². The van der Waals surface area contributed by atoms with Gasteiger partial charge in [0.2, 0.25) is 0 Å². The van der Waals surface area contributed by atoms with E-state index >= 15 is 0 Å². The van der Waals surface area contributed by atoms with Crippen LogP contribution in [-0.4, -0.2) is 45.2 Å². The van der Waals surface area contributed by atoms with Crippen molar-refractivity contribution in [2.75, 3.05) is 13.2 Å². The molecule has 1 heterocycles. The van der Waals surface area contributed by atoms with E-state index in [9.17, 15) is 9.59 Å². The number of carbonyl (C=O) groups excluding carboxylic acids is 2. The molecule has 0 aromatic heterocycles. The highest BCUT2D eigenvalue weighted by Gasteiger charge is 2.49. The van der Waals surface area contributed by atoms with E-state index in [1.807, 2.05) is 0 Å². The lowest BCUT2D eigenvalue weighted by molar-refractivity contribution is -0.150. The summed E-state index contributed by atoms with van der Waals surface area (Å²) in [5, 5.41) is 0.0959. The standard InChI is InChI=1S/C25H38O6Si/c1-9-11-16-25(6)21(20(23(27)30-25)22(26)28-10-2)29-17-18-14-12-13-15-19(18)31-32(7,8)24(3,4)5/h1,12,14,18-19H,10-11,13,15-17H2,2-8H3/t18-,19-,25-/m1/s1. The Morgan fingerprint density at radius 2 is 2.06 bits per heavy atom. The van der Waals surface area contributed by atoms with Gasteiger partial charge in [0.1, 0.15) is 0 Å². The zero-order chi connectivity index (χ0) is 24.2. The normalized spacial score (nSPS) is 26.0. The van der Waals surface area contributed by atoms with Gasteiger partial charge in [0.05, 0.1) is 19.3 Å². The van der Waals surface area contributed by atoms with Crippen LogP contribution in [-0.2, 0) is 28.2 Å². The quantitative estimate of drug-likeness (QED) is 0.159. The molecule has 32 heavy (non-hydrogen) atoms. The summed E-state index contributed by atoms with van der Waals surface area (Å²) in [5.41, 5.74) is -1.27. The molecule has 3 atom stereocenters. The van der Waals surface area contributed by atoms with Crippen LogP contribution in [0.25, 0.3) is 0 Å². The highest BCUT2D eigenvalue weighted by molar-refractivity contribution is 6.74. The lowest BCUT2D eigenvalue weighted by atomic mass is 9.93. The Labute approximate surface area is 193 Å². The van der Waals surface area contributed by atoms with Crippen molar-refractivity contribution in [2.45, 2.75) is 90.1 Å². The van der Waals surface area contributed by atoms with Crippen LogP contribution in [0.2, 0.25) is 18.1 Å². The molecule has 2 rings (SSSR count). The molecule has 0 saturated carbocycles. The summed E-state index contributed by atoms with van der Waals surface area (Å²) in [6.45, 7) is 15.0. The fourth-order valence-corrected chi connectivity index (χ4v) is 5.06. The summed E-state index contributed by atoms with van der Waals surface area (Å²) < 4.78 is 23.5. The second-order valence-electron chi connectivity index (χ2n) is 10.1. The first kappa shape index (κ1) is 26.2. The molecule has 1 aliphatic carbocycles. The van der Waals surface area contributed by atoms with Gasteiger partial charge in [-0.3, -0.25) is 0 Å². The summed E-state index contributed by atoms with van der Waals surface area (Å²) in [6.07, 6.45) is 12.3. The molecule has 0 radical (unpaired) electrons. The maximum Gasteiger partial charge on any atom is 0.350 e. The second kappa shape index (κ2) is 10.3. The maximum atomic E-state index is 12.5. The van der Waals surface area contributed by atoms with Crippen LogP contribution in [0.5, 0.6) is 0 Å². The fourth-order valence-electron chi connectivity index (χ4n) is 3.65. The van der Waals surface area contributed by atoms with E-state index in [1.54, 1.807) is 13.8 Å². The maximum absolute atomic E-state index is 12.5. The lowest BCUT2D eigenvalue weighted by Gasteiger charge is -2.42. The molecule has 0 saturated heterocycles. The van der Waals surface area contributed by atoms with Crippen LogP contribution >= 0.6 is 0 Å². The Morgan fingerprint density at radius 3 is 2.66 bits per heavy atom. The molecular weight excluding hydrogens is 424 g/mol. The van der Waals surface area contributed by atoms with Crippen LogP contribution in [0.1, 0.15) is 60.3 Å². The van der Waals surface area contributed by atoms with Crippen molar-refractivity contribution in [1.82, 2.24) is 0 Å². The number of hydrogen-bond donors (Lipinski definition) is 0. The highest BCUT2D eigenvalue weighted by Crippen LogP contribution is 2.41. The Balaban J connectivity index is 2.28. The average Bonchev–Trinajstić information content (AvgIpc) is 2.94. The highest BCUT2D eigenvalue weighted by atomic mass is 28.4. The van der Waals surface area contributed by atoms with Crippen molar-refractivity contribution in [1.29, 1.82) is 0 Å². The van der Waals surface area contributed by atoms with Crippen molar-refractivity contribution in [2.24, 2.45) is 5.92 Å². The molecule has 178 valence electrons. The molecule has 0 aromatic rings. The Bertz CT molecular complexity index is 813. The summed E-state index contributed by atoms with van der Waals surface area (Å²) in [4.78, 5) is 25.1. The first-order valence-corrected chi connectivity index (χ1v) is 14.3. The summed E-state index contributed by atoms with van der Waals surface area (Å²) in [7, 11) is -1.97. The zero-order valence-corrected chi connectivity index (χ0v) is 21.6. The van der Waals surface area contributed by atoms with Gasteiger partial charge in [-0.25, -0.2) is 9.59 Å². The van der Waals surface area contributed by atoms with E-state index in [0.29, 0.717) is 12.8 Å². The van der Waals surface area contributed by atoms with Gasteiger partial charge in [0, 0.05) is 18.8 Å². The van der Waals surface area contributed by atoms with E-state index in [1.165, 1.54) is 0 Å². The molecule has 0 bridgehead atoms. The Kier molecular flexibility index (Phi) is 8.41. The average molecular weight is 463 g/mol. The first-order chi connectivity index (χ1) is 14.9. The number of cyclic esters (lactones) is 1. The van der Waals surface area contributed by atoms with Crippen LogP contribution in [0.3, 0.4) is 0 Å². The van der Waals surface area contributed by atoms with E-state index in [-0.39, 0.29) is 41.6 Å². The molecule has 0 fully saturated rings. The minimum absolute atomic E-state index is 0.00130. The van der Waals surface area contributed by atoms with Crippen LogP contribution in [0.15, 0.2) is 23.5 Å². The predicted molar refractivity (Wildman–Crippen MR) is 126 cm³/mol. The minimum atomic E-state index is -1.97. The molecule has 0 unspecified atom stereocenters. The SMILES string of the molecule is C#CCC[C@@]1(C)OC(=O)C(C(=O)OCC)=C1OC[C@H]1C=CCC[C@H]1O[Si](C)(C)C(C)(C)C. The number of ether oxygens (including phenoxy) is 3. The fraction of sp³-hybridized carbons (Fsp3) is 0.680. The van der Waals surface area contributed by atoms with Crippen LogP contribution in [0.4, 0.5) is 0 Å². The summed E-state index contributed by atoms with van der Waals surface area (Å²) >= 11 is 0. The predicted octanol–water partition coefficient (Wildman–Crippen LogP) is 4.91. The van der Waals surface area contributed by atoms with Gasteiger partial charge >= 0.3 is 11.9 Å². The molecule has 1 aliphatic heterocycles. The van der Waals surface area contributed by atoms with Crippen molar-refractivity contribution in [3.63, 3.8) is 0 Å². The molecule has 0 amide bonds. The molecule has 6 nitrogen and oxygen atoms in total. The molecule has 7 heteroatoms. The molecular formula is C25H38O6Si. The number of terminal acetylenes is 1. The third-order valence-corrected chi connectivity index (χ3v) is 11.1. The van der Waals surface area contributed by atoms with Gasteiger partial charge in [-0.05, 0) is 44.8 Å². The van der Waals surface area contributed by atoms with E-state index in [0.717, 1.165) is 12.8 Å². The van der Waals surface area contributed by atoms with Crippen molar-refractivity contribution >= 4 is 20.3 Å². The molecule has 0 N–H and O–H groups in total. The topological polar surface area (TPSA) is 71.1 Å².